The smallest absolute Gasteiger partial charge is 0.250 e. The summed E-state index contributed by atoms with van der Waals surface area (Å²) in [6.45, 7) is 0.513. The third kappa shape index (κ3) is 6.36. The van der Waals surface area contributed by atoms with Gasteiger partial charge in [0.15, 0.2) is 5.11 Å². The van der Waals surface area contributed by atoms with Crippen molar-refractivity contribution in [2.24, 2.45) is 0 Å². The quantitative estimate of drug-likeness (QED) is 0.463. The van der Waals surface area contributed by atoms with E-state index in [1.165, 1.54) is 6.08 Å². The summed E-state index contributed by atoms with van der Waals surface area (Å²) >= 11 is 6.73. The lowest BCUT2D eigenvalue weighted by atomic mass is 10.2. The molecule has 2 aromatic carbocycles. The first-order valence-electron chi connectivity index (χ1n) is 8.29. The first-order chi connectivity index (χ1) is 13.2. The van der Waals surface area contributed by atoms with Crippen LogP contribution in [0.3, 0.4) is 0 Å². The van der Waals surface area contributed by atoms with Crippen molar-refractivity contribution in [3.63, 3.8) is 0 Å². The molecule has 0 radical (unpaired) electrons. The van der Waals surface area contributed by atoms with Crippen molar-refractivity contribution in [3.8, 4) is 5.75 Å². The molecule has 1 amide bonds. The molecule has 0 fully saturated rings. The minimum Gasteiger partial charge on any atom is -0.489 e. The van der Waals surface area contributed by atoms with Gasteiger partial charge in [-0.05, 0) is 59.6 Å². The minimum absolute atomic E-state index is 0.244. The first kappa shape index (κ1) is 18.8. The number of ether oxygens (including phenoxy) is 1. The van der Waals surface area contributed by atoms with E-state index < -0.39 is 0 Å². The number of hydrogen-bond acceptors (Lipinski definition) is 4. The Morgan fingerprint density at radius 1 is 1.04 bits per heavy atom. The van der Waals surface area contributed by atoms with Gasteiger partial charge in [0.1, 0.15) is 12.4 Å². The first-order valence-corrected chi connectivity index (χ1v) is 9.58. The van der Waals surface area contributed by atoms with E-state index in [9.17, 15) is 4.79 Å². The van der Waals surface area contributed by atoms with Gasteiger partial charge in [-0.3, -0.25) is 10.1 Å². The monoisotopic (exact) mass is 394 g/mol. The van der Waals surface area contributed by atoms with E-state index in [4.69, 9.17) is 17.0 Å². The molecule has 0 bridgehead atoms. The highest BCUT2D eigenvalue weighted by atomic mass is 32.1. The van der Waals surface area contributed by atoms with Gasteiger partial charge in [0.2, 0.25) is 5.91 Å². The van der Waals surface area contributed by atoms with E-state index in [1.54, 1.807) is 17.4 Å². The van der Waals surface area contributed by atoms with Crippen molar-refractivity contribution in [3.05, 3.63) is 88.6 Å². The predicted octanol–water partition coefficient (Wildman–Crippen LogP) is 4.85. The predicted molar refractivity (Wildman–Crippen MR) is 115 cm³/mol. The Morgan fingerprint density at radius 2 is 1.81 bits per heavy atom. The molecule has 0 aliphatic carbocycles. The van der Waals surface area contributed by atoms with Crippen LogP contribution < -0.4 is 15.4 Å². The molecular formula is C21H18N2O2S2. The number of amides is 1. The van der Waals surface area contributed by atoms with Gasteiger partial charge in [-0.2, -0.15) is 0 Å². The molecule has 6 heteroatoms. The van der Waals surface area contributed by atoms with Crippen LogP contribution in [0.1, 0.15) is 10.4 Å². The molecule has 0 saturated carbocycles. The van der Waals surface area contributed by atoms with Gasteiger partial charge >= 0.3 is 0 Å². The van der Waals surface area contributed by atoms with Crippen LogP contribution in [0.15, 0.2) is 78.2 Å². The van der Waals surface area contributed by atoms with Crippen molar-refractivity contribution in [1.29, 1.82) is 0 Å². The Kier molecular flexibility index (Phi) is 6.73. The summed E-state index contributed by atoms with van der Waals surface area (Å²) in [7, 11) is 0. The lowest BCUT2D eigenvalue weighted by Crippen LogP contribution is -2.32. The van der Waals surface area contributed by atoms with E-state index >= 15 is 0 Å². The summed E-state index contributed by atoms with van der Waals surface area (Å²) in [6, 6.07) is 21.2. The summed E-state index contributed by atoms with van der Waals surface area (Å²) in [5.41, 5.74) is 1.88. The van der Waals surface area contributed by atoms with E-state index in [1.807, 2.05) is 72.1 Å². The lowest BCUT2D eigenvalue weighted by molar-refractivity contribution is -0.115. The maximum Gasteiger partial charge on any atom is 0.250 e. The summed E-state index contributed by atoms with van der Waals surface area (Å²) in [4.78, 5) is 12.9. The second-order valence-corrected chi connectivity index (χ2v) is 6.98. The third-order valence-corrected chi connectivity index (χ3v) is 4.58. The fraction of sp³-hybridized carbons (Fsp3) is 0.0476. The molecule has 2 N–H and O–H groups in total. The van der Waals surface area contributed by atoms with Crippen LogP contribution in [0, 0.1) is 0 Å². The lowest BCUT2D eigenvalue weighted by Gasteiger charge is -2.10. The fourth-order valence-electron chi connectivity index (χ4n) is 2.24. The molecule has 136 valence electrons. The molecule has 3 rings (SSSR count). The maximum absolute atomic E-state index is 11.9. The second kappa shape index (κ2) is 9.66. The highest BCUT2D eigenvalue weighted by Crippen LogP contribution is 2.17. The average molecular weight is 395 g/mol. The van der Waals surface area contributed by atoms with Gasteiger partial charge in [0.25, 0.3) is 0 Å². The zero-order valence-electron chi connectivity index (χ0n) is 14.4. The number of benzene rings is 2. The second-order valence-electron chi connectivity index (χ2n) is 5.59. The minimum atomic E-state index is -0.274. The SMILES string of the molecule is O=C(C=Cc1cccs1)NC(=S)Nc1ccc(OCc2ccccc2)cc1. The molecule has 3 aromatic rings. The van der Waals surface area contributed by atoms with Gasteiger partial charge in [-0.25, -0.2) is 0 Å². The van der Waals surface area contributed by atoms with Crippen LogP contribution in [-0.2, 0) is 11.4 Å². The molecular weight excluding hydrogens is 376 g/mol. The van der Waals surface area contributed by atoms with Crippen LogP contribution in [-0.4, -0.2) is 11.0 Å². The van der Waals surface area contributed by atoms with E-state index in [-0.39, 0.29) is 11.0 Å². The van der Waals surface area contributed by atoms with Crippen molar-refractivity contribution in [1.82, 2.24) is 5.32 Å². The van der Waals surface area contributed by atoms with Crippen LogP contribution in [0.2, 0.25) is 0 Å². The zero-order valence-corrected chi connectivity index (χ0v) is 16.1. The molecule has 0 aliphatic rings. The Labute approximate surface area is 167 Å². The van der Waals surface area contributed by atoms with Crippen LogP contribution in [0.5, 0.6) is 5.75 Å². The van der Waals surface area contributed by atoms with Gasteiger partial charge in [0.05, 0.1) is 0 Å². The van der Waals surface area contributed by atoms with Crippen molar-refractivity contribution < 1.29 is 9.53 Å². The molecule has 4 nitrogen and oxygen atoms in total. The molecule has 27 heavy (non-hydrogen) atoms. The highest BCUT2D eigenvalue weighted by molar-refractivity contribution is 7.80. The van der Waals surface area contributed by atoms with E-state index in [2.05, 4.69) is 10.6 Å². The van der Waals surface area contributed by atoms with Gasteiger partial charge in [0, 0.05) is 16.6 Å². The van der Waals surface area contributed by atoms with E-state index in [0.717, 1.165) is 21.9 Å². The largest absolute Gasteiger partial charge is 0.489 e. The summed E-state index contributed by atoms with van der Waals surface area (Å²) < 4.78 is 5.75. The molecule has 1 heterocycles. The van der Waals surface area contributed by atoms with Crippen molar-refractivity contribution in [2.75, 3.05) is 5.32 Å². The standard InChI is InChI=1S/C21H18N2O2S2/c24-20(13-12-19-7-4-14-27-19)23-21(26)22-17-8-10-18(11-9-17)25-15-16-5-2-1-3-6-16/h1-14H,15H2,(H2,22,23,24,26). The number of nitrogens with one attached hydrogen (secondary N) is 2. The average Bonchev–Trinajstić information content (AvgIpc) is 3.20. The number of rotatable bonds is 6. The Balaban J connectivity index is 1.46. The number of hydrogen-bond donors (Lipinski definition) is 2. The summed E-state index contributed by atoms with van der Waals surface area (Å²) in [5, 5.41) is 7.80. The highest BCUT2D eigenvalue weighted by Gasteiger charge is 2.03. The molecule has 0 unspecified atom stereocenters. The summed E-state index contributed by atoms with van der Waals surface area (Å²) in [6.07, 6.45) is 3.21. The number of thiophene rings is 1. The zero-order chi connectivity index (χ0) is 18.9. The molecule has 0 saturated heterocycles. The molecule has 0 aliphatic heterocycles. The Bertz CT molecular complexity index is 905. The number of carbonyl (C=O) groups is 1. The van der Waals surface area contributed by atoms with Gasteiger partial charge < -0.3 is 10.1 Å². The normalized spacial score (nSPS) is 10.5. The number of thiocarbonyl (C=S) groups is 1. The van der Waals surface area contributed by atoms with Crippen LogP contribution in [0.25, 0.3) is 6.08 Å². The van der Waals surface area contributed by atoms with Crippen molar-refractivity contribution >= 4 is 46.3 Å². The molecule has 1 aromatic heterocycles. The molecule has 0 spiro atoms. The van der Waals surface area contributed by atoms with Gasteiger partial charge in [-0.15, -0.1) is 11.3 Å². The maximum atomic E-state index is 11.9. The number of anilines is 1. The topological polar surface area (TPSA) is 50.4 Å². The van der Waals surface area contributed by atoms with Crippen LogP contribution in [0.4, 0.5) is 5.69 Å². The third-order valence-electron chi connectivity index (χ3n) is 3.54. The Morgan fingerprint density at radius 3 is 2.52 bits per heavy atom. The Hall–Kier alpha value is -2.96. The molecule has 0 atom stereocenters. The number of carbonyl (C=O) groups excluding carboxylic acids is 1. The van der Waals surface area contributed by atoms with Crippen LogP contribution >= 0.6 is 23.6 Å². The summed E-state index contributed by atoms with van der Waals surface area (Å²) in [5.74, 6) is 0.488. The van der Waals surface area contributed by atoms with Gasteiger partial charge in [-0.1, -0.05) is 36.4 Å². The van der Waals surface area contributed by atoms with Crippen molar-refractivity contribution in [2.45, 2.75) is 6.61 Å². The van der Waals surface area contributed by atoms with E-state index in [0.29, 0.717) is 6.61 Å². The fourth-order valence-corrected chi connectivity index (χ4v) is 3.07.